The van der Waals surface area contributed by atoms with Crippen LogP contribution in [0.2, 0.25) is 0 Å². The molecule has 1 aliphatic rings. The molecule has 0 aliphatic carbocycles. The van der Waals surface area contributed by atoms with E-state index in [9.17, 15) is 4.79 Å². The number of hydrogen-bond donors (Lipinski definition) is 0. The van der Waals surface area contributed by atoms with Crippen LogP contribution in [0.1, 0.15) is 44.2 Å². The van der Waals surface area contributed by atoms with Crippen molar-refractivity contribution in [2.45, 2.75) is 52.1 Å². The average molecular weight is 275 g/mol. The third-order valence-corrected chi connectivity index (χ3v) is 3.99. The molecule has 0 N–H and O–H groups in total. The smallest absolute Gasteiger partial charge is 0.323 e. The Morgan fingerprint density at radius 1 is 1.20 bits per heavy atom. The molecule has 3 heteroatoms. The van der Waals surface area contributed by atoms with E-state index < -0.39 is 0 Å². The van der Waals surface area contributed by atoms with E-state index in [0.717, 1.165) is 32.4 Å². The third-order valence-electron chi connectivity index (χ3n) is 3.99. The molecule has 110 valence electrons. The van der Waals surface area contributed by atoms with Gasteiger partial charge in [0.1, 0.15) is 6.04 Å². The summed E-state index contributed by atoms with van der Waals surface area (Å²) in [5.74, 6) is -0.0580. The Labute approximate surface area is 121 Å². The second-order valence-corrected chi connectivity index (χ2v) is 5.40. The van der Waals surface area contributed by atoms with Gasteiger partial charge in [-0.1, -0.05) is 37.6 Å². The summed E-state index contributed by atoms with van der Waals surface area (Å²) in [5.41, 5.74) is 2.63. The van der Waals surface area contributed by atoms with Gasteiger partial charge in [-0.15, -0.1) is 0 Å². The first-order chi connectivity index (χ1) is 9.74. The number of carbonyl (C=O) groups excluding carboxylic acids is 1. The van der Waals surface area contributed by atoms with Crippen LogP contribution in [0.15, 0.2) is 24.3 Å². The van der Waals surface area contributed by atoms with Gasteiger partial charge >= 0.3 is 5.97 Å². The van der Waals surface area contributed by atoms with Crippen molar-refractivity contribution in [3.63, 3.8) is 0 Å². The van der Waals surface area contributed by atoms with Gasteiger partial charge in [0.2, 0.25) is 0 Å². The lowest BCUT2D eigenvalue weighted by Gasteiger charge is -2.34. The average Bonchev–Trinajstić information content (AvgIpc) is 2.49. The van der Waals surface area contributed by atoms with E-state index in [0.29, 0.717) is 6.61 Å². The summed E-state index contributed by atoms with van der Waals surface area (Å²) in [6.45, 7) is 6.33. The first-order valence-electron chi connectivity index (χ1n) is 7.73. The summed E-state index contributed by atoms with van der Waals surface area (Å²) in [7, 11) is 0. The molecule has 0 radical (unpaired) electrons. The van der Waals surface area contributed by atoms with E-state index in [2.05, 4.69) is 36.1 Å². The van der Waals surface area contributed by atoms with Crippen molar-refractivity contribution in [2.75, 3.05) is 13.2 Å². The molecule has 0 aromatic heterocycles. The molecule has 1 unspecified atom stereocenters. The second-order valence-electron chi connectivity index (χ2n) is 5.40. The number of rotatable bonds is 5. The topological polar surface area (TPSA) is 29.5 Å². The van der Waals surface area contributed by atoms with E-state index in [1.54, 1.807) is 0 Å². The highest BCUT2D eigenvalue weighted by Crippen LogP contribution is 2.21. The van der Waals surface area contributed by atoms with Gasteiger partial charge in [-0.05, 0) is 43.9 Å². The summed E-state index contributed by atoms with van der Waals surface area (Å²) in [4.78, 5) is 14.3. The van der Waals surface area contributed by atoms with Crippen LogP contribution in [0.5, 0.6) is 0 Å². The number of esters is 1. The van der Waals surface area contributed by atoms with Gasteiger partial charge in [0.05, 0.1) is 6.61 Å². The van der Waals surface area contributed by atoms with Gasteiger partial charge in [0, 0.05) is 6.54 Å². The SMILES string of the molecule is CCOC(=O)C1CCCCN1Cc1ccc(CC)cc1. The van der Waals surface area contributed by atoms with E-state index in [-0.39, 0.29) is 12.0 Å². The molecule has 0 amide bonds. The molecule has 1 heterocycles. The molecule has 3 nitrogen and oxygen atoms in total. The zero-order valence-electron chi connectivity index (χ0n) is 12.6. The molecular weight excluding hydrogens is 250 g/mol. The maximum atomic E-state index is 12.0. The number of hydrogen-bond acceptors (Lipinski definition) is 3. The molecule has 0 bridgehead atoms. The molecule has 1 fully saturated rings. The van der Waals surface area contributed by atoms with Gasteiger partial charge in [-0.2, -0.15) is 0 Å². The van der Waals surface area contributed by atoms with E-state index in [4.69, 9.17) is 4.74 Å². The van der Waals surface area contributed by atoms with Crippen molar-refractivity contribution in [1.82, 2.24) is 4.90 Å². The Hall–Kier alpha value is -1.35. The lowest BCUT2D eigenvalue weighted by Crippen LogP contribution is -2.44. The van der Waals surface area contributed by atoms with E-state index in [1.807, 2.05) is 6.92 Å². The van der Waals surface area contributed by atoms with Crippen LogP contribution >= 0.6 is 0 Å². The van der Waals surface area contributed by atoms with E-state index in [1.165, 1.54) is 17.5 Å². The van der Waals surface area contributed by atoms with Gasteiger partial charge < -0.3 is 4.74 Å². The van der Waals surface area contributed by atoms with E-state index >= 15 is 0 Å². The van der Waals surface area contributed by atoms with Crippen molar-refractivity contribution in [3.05, 3.63) is 35.4 Å². The molecule has 20 heavy (non-hydrogen) atoms. The zero-order valence-corrected chi connectivity index (χ0v) is 12.6. The molecule has 2 rings (SSSR count). The molecule has 0 spiro atoms. The molecule has 1 atom stereocenters. The zero-order chi connectivity index (χ0) is 14.4. The molecule has 1 saturated heterocycles. The monoisotopic (exact) mass is 275 g/mol. The minimum Gasteiger partial charge on any atom is -0.465 e. The number of ether oxygens (including phenoxy) is 1. The first kappa shape index (κ1) is 15.0. The number of nitrogens with zero attached hydrogens (tertiary/aromatic N) is 1. The second kappa shape index (κ2) is 7.44. The lowest BCUT2D eigenvalue weighted by molar-refractivity contribution is -0.151. The van der Waals surface area contributed by atoms with Crippen LogP contribution in [0.4, 0.5) is 0 Å². The van der Waals surface area contributed by atoms with Crippen molar-refractivity contribution in [1.29, 1.82) is 0 Å². The quantitative estimate of drug-likeness (QED) is 0.773. The number of piperidine rings is 1. The highest BCUT2D eigenvalue weighted by Gasteiger charge is 2.29. The number of benzene rings is 1. The van der Waals surface area contributed by atoms with Crippen molar-refractivity contribution < 1.29 is 9.53 Å². The summed E-state index contributed by atoms with van der Waals surface area (Å²) in [5, 5.41) is 0. The fourth-order valence-corrected chi connectivity index (χ4v) is 2.80. The van der Waals surface area contributed by atoms with Gasteiger partial charge in [0.15, 0.2) is 0 Å². The van der Waals surface area contributed by atoms with Crippen LogP contribution in [-0.4, -0.2) is 30.1 Å². The van der Waals surface area contributed by atoms with Gasteiger partial charge in [-0.3, -0.25) is 9.69 Å². The fourth-order valence-electron chi connectivity index (χ4n) is 2.80. The summed E-state index contributed by atoms with van der Waals surface area (Å²) < 4.78 is 5.21. The Balaban J connectivity index is 2.02. The Bertz CT molecular complexity index is 427. The minimum absolute atomic E-state index is 0.0580. The Kier molecular flexibility index (Phi) is 5.60. The normalized spacial score (nSPS) is 19.8. The van der Waals surface area contributed by atoms with Gasteiger partial charge in [0.25, 0.3) is 0 Å². The maximum Gasteiger partial charge on any atom is 0.323 e. The van der Waals surface area contributed by atoms with Crippen LogP contribution in [0.3, 0.4) is 0 Å². The Morgan fingerprint density at radius 3 is 2.55 bits per heavy atom. The van der Waals surface area contributed by atoms with Crippen molar-refractivity contribution >= 4 is 5.97 Å². The van der Waals surface area contributed by atoms with Crippen LogP contribution < -0.4 is 0 Å². The summed E-state index contributed by atoms with van der Waals surface area (Å²) in [6, 6.07) is 8.65. The predicted octanol–water partition coefficient (Wildman–Crippen LogP) is 3.17. The number of likely N-dealkylation sites (tertiary alicyclic amines) is 1. The molecular formula is C17H25NO2. The van der Waals surface area contributed by atoms with Gasteiger partial charge in [-0.25, -0.2) is 0 Å². The maximum absolute atomic E-state index is 12.0. The molecule has 1 aliphatic heterocycles. The lowest BCUT2D eigenvalue weighted by atomic mass is 10.0. The largest absolute Gasteiger partial charge is 0.465 e. The summed E-state index contributed by atoms with van der Waals surface area (Å²) >= 11 is 0. The minimum atomic E-state index is -0.0606. The molecule has 1 aromatic carbocycles. The van der Waals surface area contributed by atoms with Crippen LogP contribution in [-0.2, 0) is 22.5 Å². The highest BCUT2D eigenvalue weighted by atomic mass is 16.5. The van der Waals surface area contributed by atoms with Crippen LogP contribution in [0, 0.1) is 0 Å². The van der Waals surface area contributed by atoms with Crippen molar-refractivity contribution in [3.8, 4) is 0 Å². The molecule has 1 aromatic rings. The van der Waals surface area contributed by atoms with Crippen molar-refractivity contribution in [2.24, 2.45) is 0 Å². The Morgan fingerprint density at radius 2 is 1.90 bits per heavy atom. The number of aryl methyl sites for hydroxylation is 1. The summed E-state index contributed by atoms with van der Waals surface area (Å²) in [6.07, 6.45) is 4.28. The first-order valence-corrected chi connectivity index (χ1v) is 7.73. The van der Waals surface area contributed by atoms with Crippen LogP contribution in [0.25, 0.3) is 0 Å². The molecule has 0 saturated carbocycles. The highest BCUT2D eigenvalue weighted by molar-refractivity contribution is 5.75. The number of carbonyl (C=O) groups is 1. The fraction of sp³-hybridized carbons (Fsp3) is 0.588. The predicted molar refractivity (Wildman–Crippen MR) is 80.5 cm³/mol. The standard InChI is InChI=1S/C17H25NO2/c1-3-14-8-10-15(11-9-14)13-18-12-6-5-7-16(18)17(19)20-4-2/h8-11,16H,3-7,12-13H2,1-2H3. The third kappa shape index (κ3) is 3.83.